The van der Waals surface area contributed by atoms with Crippen LogP contribution in [0.1, 0.15) is 28.8 Å². The number of nitrogens with zero attached hydrogens (tertiary/aromatic N) is 3. The molecule has 1 aromatic heterocycles. The fourth-order valence-corrected chi connectivity index (χ4v) is 3.59. The number of Topliss-reactive ketones (excluding diaryl/α,β-unsaturated/α-hetero) is 1. The lowest BCUT2D eigenvalue weighted by Gasteiger charge is -2.30. The maximum Gasteiger partial charge on any atom is 0.246 e. The molecule has 0 atom stereocenters. The topological polar surface area (TPSA) is 73.7 Å². The average Bonchev–Trinajstić information content (AvgIpc) is 3.16. The number of ether oxygens (including phenoxy) is 2. The maximum absolute atomic E-state index is 12.9. The van der Waals surface area contributed by atoms with Crippen molar-refractivity contribution < 1.29 is 19.1 Å². The molecule has 0 unspecified atom stereocenters. The molecule has 0 aliphatic carbocycles. The number of aryl methyl sites for hydroxylation is 1. The summed E-state index contributed by atoms with van der Waals surface area (Å²) in [7, 11) is 1.84. The maximum atomic E-state index is 12.9. The van der Waals surface area contributed by atoms with Crippen molar-refractivity contribution in [3.63, 3.8) is 0 Å². The predicted octanol–water partition coefficient (Wildman–Crippen LogP) is 2.33. The Labute approximate surface area is 163 Å². The molecule has 0 saturated carbocycles. The smallest absolute Gasteiger partial charge is 0.246 e. The summed E-state index contributed by atoms with van der Waals surface area (Å²) in [6.45, 7) is 2.19. The van der Waals surface area contributed by atoms with Gasteiger partial charge in [-0.25, -0.2) is 0 Å². The zero-order chi connectivity index (χ0) is 19.5. The van der Waals surface area contributed by atoms with Crippen LogP contribution in [-0.2, 0) is 11.8 Å². The average molecular weight is 381 g/mol. The Bertz CT molecular complexity index is 910. The summed E-state index contributed by atoms with van der Waals surface area (Å²) >= 11 is 0. The molecule has 0 bridgehead atoms. The number of carbonyl (C=O) groups excluding carboxylic acids is 2. The molecule has 0 radical (unpaired) electrons. The van der Waals surface area contributed by atoms with Gasteiger partial charge in [0.25, 0.3) is 0 Å². The molecular weight excluding hydrogens is 358 g/mol. The Morgan fingerprint density at radius 1 is 1.14 bits per heavy atom. The molecule has 2 aromatic rings. The monoisotopic (exact) mass is 381 g/mol. The molecule has 3 heterocycles. The second-order valence-corrected chi connectivity index (χ2v) is 7.10. The van der Waals surface area contributed by atoms with Gasteiger partial charge in [0.1, 0.15) is 13.2 Å². The molecule has 1 aromatic carbocycles. The fraction of sp³-hybridized carbons (Fsp3) is 0.381. The predicted molar refractivity (Wildman–Crippen MR) is 103 cm³/mol. The third-order valence-electron chi connectivity index (χ3n) is 5.15. The molecule has 7 heteroatoms. The number of ketones is 1. The van der Waals surface area contributed by atoms with E-state index in [9.17, 15) is 9.59 Å². The van der Waals surface area contributed by atoms with E-state index >= 15 is 0 Å². The molecule has 1 amide bonds. The van der Waals surface area contributed by atoms with E-state index in [1.807, 2.05) is 13.2 Å². The second kappa shape index (κ2) is 7.88. The number of likely N-dealkylation sites (tertiary alicyclic amines) is 1. The van der Waals surface area contributed by atoms with Crippen molar-refractivity contribution in [2.45, 2.75) is 12.8 Å². The van der Waals surface area contributed by atoms with Gasteiger partial charge in [0.15, 0.2) is 17.3 Å². The van der Waals surface area contributed by atoms with Crippen LogP contribution in [0.5, 0.6) is 11.5 Å². The quantitative estimate of drug-likeness (QED) is 0.600. The van der Waals surface area contributed by atoms with Crippen LogP contribution in [0.2, 0.25) is 0 Å². The first kappa shape index (κ1) is 18.3. The molecule has 7 nitrogen and oxygen atoms in total. The van der Waals surface area contributed by atoms with Gasteiger partial charge in [0.05, 0.1) is 6.20 Å². The largest absolute Gasteiger partial charge is 0.486 e. The zero-order valence-electron chi connectivity index (χ0n) is 15.8. The molecule has 1 saturated heterocycles. The molecular formula is C21H23N3O4. The Balaban J connectivity index is 1.34. The van der Waals surface area contributed by atoms with Gasteiger partial charge in [-0.3, -0.25) is 14.3 Å². The summed E-state index contributed by atoms with van der Waals surface area (Å²) < 4.78 is 12.8. The first-order valence-electron chi connectivity index (χ1n) is 9.49. The minimum absolute atomic E-state index is 0.0333. The van der Waals surface area contributed by atoms with Crippen molar-refractivity contribution >= 4 is 17.8 Å². The van der Waals surface area contributed by atoms with E-state index in [4.69, 9.17) is 9.47 Å². The number of aromatic nitrogens is 2. The summed E-state index contributed by atoms with van der Waals surface area (Å²) in [6, 6.07) is 5.36. The Kier molecular flexibility index (Phi) is 5.14. The van der Waals surface area contributed by atoms with Crippen molar-refractivity contribution in [1.82, 2.24) is 14.7 Å². The van der Waals surface area contributed by atoms with E-state index in [-0.39, 0.29) is 17.6 Å². The number of benzene rings is 1. The van der Waals surface area contributed by atoms with Gasteiger partial charge in [0.2, 0.25) is 5.91 Å². The van der Waals surface area contributed by atoms with E-state index in [0.717, 1.165) is 5.56 Å². The molecule has 4 rings (SSSR count). The van der Waals surface area contributed by atoms with Crippen LogP contribution in [0.3, 0.4) is 0 Å². The lowest BCUT2D eigenvalue weighted by atomic mass is 9.88. The van der Waals surface area contributed by atoms with Gasteiger partial charge in [-0.1, -0.05) is 0 Å². The lowest BCUT2D eigenvalue weighted by Crippen LogP contribution is -2.39. The van der Waals surface area contributed by atoms with Gasteiger partial charge in [-0.15, -0.1) is 0 Å². The van der Waals surface area contributed by atoms with Crippen LogP contribution in [0.4, 0.5) is 0 Å². The standard InChI is InChI=1S/C21H23N3O4/c1-23-14-15(13-22-23)2-5-20(25)24-8-6-16(7-9-24)21(26)17-3-4-18-19(12-17)28-11-10-27-18/h2-5,12-14,16H,6-11H2,1H3/b5-2-. The first-order chi connectivity index (χ1) is 13.6. The number of piperidine rings is 1. The summed E-state index contributed by atoms with van der Waals surface area (Å²) in [5.41, 5.74) is 1.53. The molecule has 2 aliphatic heterocycles. The van der Waals surface area contributed by atoms with Gasteiger partial charge < -0.3 is 14.4 Å². The Morgan fingerprint density at radius 2 is 1.89 bits per heavy atom. The Hall–Kier alpha value is -3.09. The zero-order valence-corrected chi connectivity index (χ0v) is 15.8. The van der Waals surface area contributed by atoms with Crippen LogP contribution in [0, 0.1) is 5.92 Å². The SMILES string of the molecule is Cn1cc(/C=C\C(=O)N2CCC(C(=O)c3ccc4c(c3)OCCO4)CC2)cn1. The highest BCUT2D eigenvalue weighted by atomic mass is 16.6. The summed E-state index contributed by atoms with van der Waals surface area (Å²) in [4.78, 5) is 27.0. The number of fused-ring (bicyclic) bond motifs is 1. The van der Waals surface area contributed by atoms with Crippen LogP contribution in [-0.4, -0.2) is 52.7 Å². The molecule has 0 spiro atoms. The number of rotatable bonds is 4. The minimum atomic E-state index is -0.0751. The highest BCUT2D eigenvalue weighted by Crippen LogP contribution is 2.32. The minimum Gasteiger partial charge on any atom is -0.486 e. The van der Waals surface area contributed by atoms with Crippen LogP contribution < -0.4 is 9.47 Å². The van der Waals surface area contributed by atoms with Crippen molar-refractivity contribution in [3.05, 3.63) is 47.8 Å². The van der Waals surface area contributed by atoms with E-state index in [0.29, 0.717) is 56.2 Å². The van der Waals surface area contributed by atoms with Crippen LogP contribution in [0.15, 0.2) is 36.7 Å². The van der Waals surface area contributed by atoms with E-state index in [1.54, 1.807) is 46.1 Å². The molecule has 146 valence electrons. The van der Waals surface area contributed by atoms with E-state index in [2.05, 4.69) is 5.10 Å². The molecule has 2 aliphatic rings. The molecule has 1 fully saturated rings. The van der Waals surface area contributed by atoms with Gasteiger partial charge in [0, 0.05) is 49.5 Å². The van der Waals surface area contributed by atoms with Crippen LogP contribution >= 0.6 is 0 Å². The third-order valence-corrected chi connectivity index (χ3v) is 5.15. The first-order valence-corrected chi connectivity index (χ1v) is 9.49. The molecule has 28 heavy (non-hydrogen) atoms. The second-order valence-electron chi connectivity index (χ2n) is 7.10. The molecule has 0 N–H and O–H groups in total. The number of hydrogen-bond donors (Lipinski definition) is 0. The fourth-order valence-electron chi connectivity index (χ4n) is 3.59. The summed E-state index contributed by atoms with van der Waals surface area (Å²) in [5.74, 6) is 1.31. The summed E-state index contributed by atoms with van der Waals surface area (Å²) in [5, 5.41) is 4.08. The lowest BCUT2D eigenvalue weighted by molar-refractivity contribution is -0.127. The normalized spacial score (nSPS) is 17.1. The highest BCUT2D eigenvalue weighted by Gasteiger charge is 2.28. The van der Waals surface area contributed by atoms with Crippen molar-refractivity contribution in [3.8, 4) is 11.5 Å². The summed E-state index contributed by atoms with van der Waals surface area (Å²) in [6.07, 6.45) is 8.23. The highest BCUT2D eigenvalue weighted by molar-refractivity contribution is 5.99. The Morgan fingerprint density at radius 3 is 2.61 bits per heavy atom. The van der Waals surface area contributed by atoms with E-state index < -0.39 is 0 Å². The van der Waals surface area contributed by atoms with Crippen LogP contribution in [0.25, 0.3) is 6.08 Å². The van der Waals surface area contributed by atoms with E-state index in [1.165, 1.54) is 0 Å². The number of carbonyl (C=O) groups is 2. The van der Waals surface area contributed by atoms with Crippen molar-refractivity contribution in [2.24, 2.45) is 13.0 Å². The number of amides is 1. The van der Waals surface area contributed by atoms with Gasteiger partial charge in [-0.05, 0) is 37.1 Å². The third kappa shape index (κ3) is 3.93. The van der Waals surface area contributed by atoms with Crippen molar-refractivity contribution in [1.29, 1.82) is 0 Å². The number of hydrogen-bond acceptors (Lipinski definition) is 5. The van der Waals surface area contributed by atoms with Gasteiger partial charge >= 0.3 is 0 Å². The van der Waals surface area contributed by atoms with Crippen molar-refractivity contribution in [2.75, 3.05) is 26.3 Å². The van der Waals surface area contributed by atoms with Gasteiger partial charge in [-0.2, -0.15) is 5.10 Å².